The molecular weight excluding hydrogens is 399 g/mol. The molecule has 4 rings (SSSR count). The number of nitrogens with two attached hydrogens (primary N) is 1. The van der Waals surface area contributed by atoms with Crippen molar-refractivity contribution in [3.05, 3.63) is 72.2 Å². The second-order valence-corrected chi connectivity index (χ2v) is 6.54. The predicted molar refractivity (Wildman–Crippen MR) is 112 cm³/mol. The quantitative estimate of drug-likeness (QED) is 0.698. The molecule has 0 unspecified atom stereocenters. The van der Waals surface area contributed by atoms with E-state index in [-0.39, 0.29) is 42.6 Å². The molecule has 1 aromatic carbocycles. The lowest BCUT2D eigenvalue weighted by Gasteiger charge is -2.16. The molecule has 3 aromatic rings. The van der Waals surface area contributed by atoms with E-state index in [2.05, 4.69) is 22.3 Å². The standard InChI is InChI=1S/C20H20N4O2.2ClH/c21-11-16-12-24(13-17(16)14-4-2-1-3-5-14)20(25)18-10-19(26-23-18)15-6-8-22-9-7-15;;/h1-10,16-17H,11-13,21H2;2*1H/t16-,17+;;/m1../s1. The van der Waals surface area contributed by atoms with Gasteiger partial charge in [-0.1, -0.05) is 35.5 Å². The molecule has 0 radical (unpaired) electrons. The molecule has 6 nitrogen and oxygen atoms in total. The number of pyridine rings is 1. The summed E-state index contributed by atoms with van der Waals surface area (Å²) in [6, 6.07) is 15.6. The highest BCUT2D eigenvalue weighted by Gasteiger charge is 2.36. The molecule has 1 saturated heterocycles. The summed E-state index contributed by atoms with van der Waals surface area (Å²) in [5.41, 5.74) is 8.35. The van der Waals surface area contributed by atoms with E-state index in [1.54, 1.807) is 18.5 Å². The smallest absolute Gasteiger partial charge is 0.276 e. The molecule has 0 bridgehead atoms. The lowest BCUT2D eigenvalue weighted by Crippen LogP contribution is -2.30. The molecule has 148 valence electrons. The van der Waals surface area contributed by atoms with E-state index in [1.165, 1.54) is 5.56 Å². The van der Waals surface area contributed by atoms with Crippen molar-refractivity contribution in [2.75, 3.05) is 19.6 Å². The molecule has 0 saturated carbocycles. The van der Waals surface area contributed by atoms with Crippen LogP contribution in [-0.2, 0) is 0 Å². The first-order chi connectivity index (χ1) is 12.8. The van der Waals surface area contributed by atoms with E-state index in [0.717, 1.165) is 5.56 Å². The molecule has 1 aliphatic rings. The average molecular weight is 421 g/mol. The van der Waals surface area contributed by atoms with Gasteiger partial charge in [0.15, 0.2) is 11.5 Å². The largest absolute Gasteiger partial charge is 0.355 e. The zero-order chi connectivity index (χ0) is 17.9. The number of rotatable bonds is 4. The van der Waals surface area contributed by atoms with Gasteiger partial charge >= 0.3 is 0 Å². The van der Waals surface area contributed by atoms with Crippen LogP contribution in [0.3, 0.4) is 0 Å². The summed E-state index contributed by atoms with van der Waals surface area (Å²) < 4.78 is 5.35. The third-order valence-electron chi connectivity index (χ3n) is 4.95. The Kier molecular flexibility index (Phi) is 7.57. The van der Waals surface area contributed by atoms with E-state index in [0.29, 0.717) is 31.1 Å². The number of halogens is 2. The second kappa shape index (κ2) is 9.68. The van der Waals surface area contributed by atoms with Crippen LogP contribution in [0.5, 0.6) is 0 Å². The van der Waals surface area contributed by atoms with Crippen LogP contribution in [0.15, 0.2) is 65.4 Å². The van der Waals surface area contributed by atoms with E-state index in [4.69, 9.17) is 10.3 Å². The number of carbonyl (C=O) groups excluding carboxylic acids is 1. The van der Waals surface area contributed by atoms with Crippen molar-refractivity contribution >= 4 is 30.7 Å². The number of hydrogen-bond acceptors (Lipinski definition) is 5. The van der Waals surface area contributed by atoms with Crippen LogP contribution < -0.4 is 5.73 Å². The molecule has 2 atom stereocenters. The van der Waals surface area contributed by atoms with Crippen LogP contribution in [0.4, 0.5) is 0 Å². The average Bonchev–Trinajstić information content (AvgIpc) is 3.36. The van der Waals surface area contributed by atoms with Gasteiger partial charge in [0.05, 0.1) is 0 Å². The molecule has 0 spiro atoms. The van der Waals surface area contributed by atoms with Crippen molar-refractivity contribution in [2.45, 2.75) is 5.92 Å². The fourth-order valence-electron chi connectivity index (χ4n) is 3.54. The Morgan fingerprint density at radius 3 is 2.50 bits per heavy atom. The van der Waals surface area contributed by atoms with Crippen LogP contribution in [0, 0.1) is 5.92 Å². The summed E-state index contributed by atoms with van der Waals surface area (Å²) in [7, 11) is 0. The minimum atomic E-state index is -0.120. The Balaban J connectivity index is 0.00000140. The van der Waals surface area contributed by atoms with Gasteiger partial charge in [0.25, 0.3) is 5.91 Å². The van der Waals surface area contributed by atoms with Crippen LogP contribution in [0.25, 0.3) is 11.3 Å². The van der Waals surface area contributed by atoms with Crippen molar-refractivity contribution in [1.29, 1.82) is 0 Å². The zero-order valence-corrected chi connectivity index (χ0v) is 16.7. The number of nitrogens with zero attached hydrogens (tertiary/aromatic N) is 3. The maximum atomic E-state index is 12.9. The molecule has 2 N–H and O–H groups in total. The van der Waals surface area contributed by atoms with Crippen molar-refractivity contribution in [3.8, 4) is 11.3 Å². The van der Waals surface area contributed by atoms with Gasteiger partial charge in [-0.3, -0.25) is 9.78 Å². The van der Waals surface area contributed by atoms with Gasteiger partial charge in [-0.25, -0.2) is 0 Å². The topological polar surface area (TPSA) is 85.2 Å². The van der Waals surface area contributed by atoms with E-state index in [1.807, 2.05) is 35.2 Å². The fraction of sp³-hybridized carbons (Fsp3) is 0.250. The monoisotopic (exact) mass is 420 g/mol. The fourth-order valence-corrected chi connectivity index (χ4v) is 3.54. The third-order valence-corrected chi connectivity index (χ3v) is 4.95. The summed E-state index contributed by atoms with van der Waals surface area (Å²) in [4.78, 5) is 18.7. The number of carbonyl (C=O) groups is 1. The molecule has 2 aromatic heterocycles. The van der Waals surface area contributed by atoms with Gasteiger partial charge in [0.1, 0.15) is 0 Å². The number of likely N-dealkylation sites (tertiary alicyclic amines) is 1. The molecule has 1 amide bonds. The van der Waals surface area contributed by atoms with Crippen LogP contribution in [-0.4, -0.2) is 40.6 Å². The molecule has 3 heterocycles. The minimum Gasteiger partial charge on any atom is -0.355 e. The summed E-state index contributed by atoms with van der Waals surface area (Å²) in [5.74, 6) is 0.931. The Hall–Kier alpha value is -2.41. The Bertz CT molecular complexity index is 889. The predicted octanol–water partition coefficient (Wildman–Crippen LogP) is 3.39. The molecule has 28 heavy (non-hydrogen) atoms. The van der Waals surface area contributed by atoms with E-state index >= 15 is 0 Å². The summed E-state index contributed by atoms with van der Waals surface area (Å²) in [5, 5.41) is 3.97. The first-order valence-electron chi connectivity index (χ1n) is 8.67. The lowest BCUT2D eigenvalue weighted by atomic mass is 9.89. The van der Waals surface area contributed by atoms with Crippen LogP contribution in [0.1, 0.15) is 22.0 Å². The van der Waals surface area contributed by atoms with Crippen molar-refractivity contribution in [1.82, 2.24) is 15.0 Å². The van der Waals surface area contributed by atoms with E-state index in [9.17, 15) is 4.79 Å². The lowest BCUT2D eigenvalue weighted by molar-refractivity contribution is 0.0776. The Morgan fingerprint density at radius 1 is 1.11 bits per heavy atom. The summed E-state index contributed by atoms with van der Waals surface area (Å²) in [6.07, 6.45) is 3.35. The van der Waals surface area contributed by atoms with Crippen molar-refractivity contribution in [2.24, 2.45) is 11.7 Å². The van der Waals surface area contributed by atoms with Crippen molar-refractivity contribution in [3.63, 3.8) is 0 Å². The highest BCUT2D eigenvalue weighted by atomic mass is 35.5. The number of amides is 1. The molecule has 1 aliphatic heterocycles. The van der Waals surface area contributed by atoms with Gasteiger partial charge in [-0.05, 0) is 30.2 Å². The first-order valence-corrected chi connectivity index (χ1v) is 8.67. The summed E-state index contributed by atoms with van der Waals surface area (Å²) in [6.45, 7) is 1.82. The summed E-state index contributed by atoms with van der Waals surface area (Å²) >= 11 is 0. The SMILES string of the molecule is Cl.Cl.NC[C@@H]1CN(C(=O)c2cc(-c3ccncc3)on2)C[C@H]1c1ccccc1. The molecular formula is C20H22Cl2N4O2. The highest BCUT2D eigenvalue weighted by Crippen LogP contribution is 2.33. The normalized spacial score (nSPS) is 18.2. The van der Waals surface area contributed by atoms with E-state index < -0.39 is 0 Å². The number of benzene rings is 1. The number of aromatic nitrogens is 2. The second-order valence-electron chi connectivity index (χ2n) is 6.54. The van der Waals surface area contributed by atoms with Gasteiger partial charge in [0, 0.05) is 43.0 Å². The highest BCUT2D eigenvalue weighted by molar-refractivity contribution is 5.93. The van der Waals surface area contributed by atoms with Gasteiger partial charge in [-0.2, -0.15) is 0 Å². The van der Waals surface area contributed by atoms with Crippen LogP contribution >= 0.6 is 24.8 Å². The maximum Gasteiger partial charge on any atom is 0.276 e. The Morgan fingerprint density at radius 2 is 1.82 bits per heavy atom. The zero-order valence-electron chi connectivity index (χ0n) is 15.1. The molecule has 8 heteroatoms. The maximum absolute atomic E-state index is 12.9. The van der Waals surface area contributed by atoms with Gasteiger partial charge < -0.3 is 15.2 Å². The first kappa shape index (κ1) is 21.9. The molecule has 0 aliphatic carbocycles. The van der Waals surface area contributed by atoms with Crippen LogP contribution in [0.2, 0.25) is 0 Å². The van der Waals surface area contributed by atoms with Crippen molar-refractivity contribution < 1.29 is 9.32 Å². The molecule has 1 fully saturated rings. The third kappa shape index (κ3) is 4.35. The van der Waals surface area contributed by atoms with Gasteiger partial charge in [-0.15, -0.1) is 24.8 Å². The Labute approximate surface area is 175 Å². The number of hydrogen-bond donors (Lipinski definition) is 1. The minimum absolute atomic E-state index is 0. The van der Waals surface area contributed by atoms with Gasteiger partial charge in [0.2, 0.25) is 0 Å².